The number of nitrogen functional groups attached to an aromatic ring is 1. The first-order valence-corrected chi connectivity index (χ1v) is 8.30. The minimum atomic E-state index is -3.53. The van der Waals surface area contributed by atoms with E-state index in [1.807, 2.05) is 6.92 Å². The molecule has 1 fully saturated rings. The number of sulfonamides is 1. The molecule has 0 bridgehead atoms. The minimum absolute atomic E-state index is 0.124. The standard InChI is InChI=1S/C13H19ClN2O2S/c1-10-8-11(14)13(9-12(10)15)19(17,18)16-6-4-2-3-5-7-16/h8-9H,2-7,15H2,1H3. The molecule has 0 atom stereocenters. The van der Waals surface area contributed by atoms with Gasteiger partial charge in [0.25, 0.3) is 0 Å². The van der Waals surface area contributed by atoms with Gasteiger partial charge in [0.05, 0.1) is 5.02 Å². The minimum Gasteiger partial charge on any atom is -0.398 e. The topological polar surface area (TPSA) is 63.4 Å². The van der Waals surface area contributed by atoms with Gasteiger partial charge in [0.1, 0.15) is 4.90 Å². The van der Waals surface area contributed by atoms with Crippen molar-refractivity contribution in [3.63, 3.8) is 0 Å². The average molecular weight is 303 g/mol. The Balaban J connectivity index is 2.41. The highest BCUT2D eigenvalue weighted by Crippen LogP contribution is 2.30. The molecule has 1 saturated heterocycles. The smallest absolute Gasteiger partial charge is 0.244 e. The van der Waals surface area contributed by atoms with E-state index < -0.39 is 10.0 Å². The molecule has 0 amide bonds. The number of hydrogen-bond donors (Lipinski definition) is 1. The van der Waals surface area contributed by atoms with Gasteiger partial charge in [0, 0.05) is 18.8 Å². The van der Waals surface area contributed by atoms with E-state index in [0.717, 1.165) is 31.2 Å². The quantitative estimate of drug-likeness (QED) is 0.854. The molecule has 0 radical (unpaired) electrons. The number of nitrogens with zero attached hydrogens (tertiary/aromatic N) is 1. The highest BCUT2D eigenvalue weighted by molar-refractivity contribution is 7.89. The van der Waals surface area contributed by atoms with Gasteiger partial charge in [0.15, 0.2) is 0 Å². The van der Waals surface area contributed by atoms with Crippen LogP contribution in [0.25, 0.3) is 0 Å². The first kappa shape index (κ1) is 14.6. The van der Waals surface area contributed by atoms with Crippen molar-refractivity contribution in [2.45, 2.75) is 37.5 Å². The van der Waals surface area contributed by atoms with Gasteiger partial charge in [0.2, 0.25) is 10.0 Å². The van der Waals surface area contributed by atoms with E-state index in [4.69, 9.17) is 17.3 Å². The molecule has 4 nitrogen and oxygen atoms in total. The van der Waals surface area contributed by atoms with Crippen molar-refractivity contribution in [1.29, 1.82) is 0 Å². The van der Waals surface area contributed by atoms with Crippen LogP contribution in [0.4, 0.5) is 5.69 Å². The molecule has 106 valence electrons. The molecule has 6 heteroatoms. The number of rotatable bonds is 2. The maximum atomic E-state index is 12.6. The van der Waals surface area contributed by atoms with E-state index in [1.165, 1.54) is 10.4 Å². The summed E-state index contributed by atoms with van der Waals surface area (Å²) in [5.41, 5.74) is 7.05. The fourth-order valence-electron chi connectivity index (χ4n) is 2.29. The van der Waals surface area contributed by atoms with E-state index in [2.05, 4.69) is 0 Å². The molecular formula is C13H19ClN2O2S. The van der Waals surface area contributed by atoms with Crippen LogP contribution in [0.2, 0.25) is 5.02 Å². The Kier molecular flexibility index (Phi) is 4.38. The number of hydrogen-bond acceptors (Lipinski definition) is 3. The van der Waals surface area contributed by atoms with Gasteiger partial charge in [-0.1, -0.05) is 24.4 Å². The van der Waals surface area contributed by atoms with Gasteiger partial charge in [-0.3, -0.25) is 0 Å². The predicted octanol–water partition coefficient (Wildman–Crippen LogP) is 2.80. The zero-order valence-electron chi connectivity index (χ0n) is 11.0. The molecule has 2 rings (SSSR count). The van der Waals surface area contributed by atoms with Crippen molar-refractivity contribution in [3.05, 3.63) is 22.7 Å². The molecule has 1 aliphatic rings. The number of nitrogens with two attached hydrogens (primary N) is 1. The zero-order chi connectivity index (χ0) is 14.0. The Morgan fingerprint density at radius 1 is 1.16 bits per heavy atom. The second kappa shape index (κ2) is 5.69. The number of benzene rings is 1. The third-order valence-electron chi connectivity index (χ3n) is 3.50. The molecule has 0 aromatic heterocycles. The summed E-state index contributed by atoms with van der Waals surface area (Å²) in [6, 6.07) is 3.08. The van der Waals surface area contributed by atoms with Crippen LogP contribution in [0.1, 0.15) is 31.2 Å². The van der Waals surface area contributed by atoms with Crippen LogP contribution in [0, 0.1) is 6.92 Å². The highest BCUT2D eigenvalue weighted by Gasteiger charge is 2.27. The van der Waals surface area contributed by atoms with Crippen molar-refractivity contribution >= 4 is 27.3 Å². The van der Waals surface area contributed by atoms with Crippen LogP contribution < -0.4 is 5.73 Å². The maximum absolute atomic E-state index is 12.6. The van der Waals surface area contributed by atoms with Gasteiger partial charge < -0.3 is 5.73 Å². The number of anilines is 1. The lowest BCUT2D eigenvalue weighted by Gasteiger charge is -2.21. The largest absolute Gasteiger partial charge is 0.398 e. The van der Waals surface area contributed by atoms with Crippen molar-refractivity contribution < 1.29 is 8.42 Å². The van der Waals surface area contributed by atoms with Crippen LogP contribution in [-0.4, -0.2) is 25.8 Å². The zero-order valence-corrected chi connectivity index (χ0v) is 12.6. The van der Waals surface area contributed by atoms with Gasteiger partial charge in [-0.25, -0.2) is 8.42 Å². The molecule has 19 heavy (non-hydrogen) atoms. The molecule has 1 aromatic rings. The summed E-state index contributed by atoms with van der Waals surface area (Å²) in [7, 11) is -3.53. The lowest BCUT2D eigenvalue weighted by atomic mass is 10.2. The Labute approximate surface area is 119 Å². The summed E-state index contributed by atoms with van der Waals surface area (Å²) >= 11 is 6.08. The molecule has 2 N–H and O–H groups in total. The van der Waals surface area contributed by atoms with Gasteiger partial charge >= 0.3 is 0 Å². The fourth-order valence-corrected chi connectivity index (χ4v) is 4.40. The molecule has 1 aromatic carbocycles. The van der Waals surface area contributed by atoms with Crippen molar-refractivity contribution in [1.82, 2.24) is 4.31 Å². The Morgan fingerprint density at radius 3 is 2.32 bits per heavy atom. The lowest BCUT2D eigenvalue weighted by molar-refractivity contribution is 0.424. The third kappa shape index (κ3) is 3.04. The van der Waals surface area contributed by atoms with Crippen molar-refractivity contribution in [2.75, 3.05) is 18.8 Å². The Bertz CT molecular complexity index is 564. The maximum Gasteiger partial charge on any atom is 0.244 e. The summed E-state index contributed by atoms with van der Waals surface area (Å²) < 4.78 is 26.7. The predicted molar refractivity (Wildman–Crippen MR) is 77.8 cm³/mol. The second-order valence-electron chi connectivity index (χ2n) is 4.96. The van der Waals surface area contributed by atoms with Crippen molar-refractivity contribution in [3.8, 4) is 0 Å². The summed E-state index contributed by atoms with van der Waals surface area (Å²) in [4.78, 5) is 0.124. The number of aryl methyl sites for hydroxylation is 1. The fraction of sp³-hybridized carbons (Fsp3) is 0.538. The molecule has 0 aliphatic carbocycles. The molecule has 1 heterocycles. The van der Waals surface area contributed by atoms with Crippen LogP contribution in [0.15, 0.2) is 17.0 Å². The second-order valence-corrected chi connectivity index (χ2v) is 7.27. The van der Waals surface area contributed by atoms with E-state index in [1.54, 1.807) is 6.07 Å². The van der Waals surface area contributed by atoms with E-state index in [-0.39, 0.29) is 9.92 Å². The van der Waals surface area contributed by atoms with Crippen LogP contribution >= 0.6 is 11.6 Å². The van der Waals surface area contributed by atoms with Crippen LogP contribution in [-0.2, 0) is 10.0 Å². The van der Waals surface area contributed by atoms with Crippen molar-refractivity contribution in [2.24, 2.45) is 0 Å². The molecule has 0 unspecified atom stereocenters. The highest BCUT2D eigenvalue weighted by atomic mass is 35.5. The SMILES string of the molecule is Cc1cc(Cl)c(S(=O)(=O)N2CCCCCC2)cc1N. The Morgan fingerprint density at radius 2 is 1.74 bits per heavy atom. The van der Waals surface area contributed by atoms with Gasteiger partial charge in [-0.15, -0.1) is 0 Å². The Hall–Kier alpha value is -0.780. The third-order valence-corrected chi connectivity index (χ3v) is 5.87. The normalized spacial score (nSPS) is 18.2. The summed E-state index contributed by atoms with van der Waals surface area (Å²) in [6.07, 6.45) is 3.96. The van der Waals surface area contributed by atoms with E-state index >= 15 is 0 Å². The summed E-state index contributed by atoms with van der Waals surface area (Å²) in [5, 5.41) is 0.246. The van der Waals surface area contributed by atoms with Gasteiger partial charge in [-0.05, 0) is 37.5 Å². The first-order chi connectivity index (χ1) is 8.93. The van der Waals surface area contributed by atoms with E-state index in [9.17, 15) is 8.42 Å². The van der Waals surface area contributed by atoms with E-state index in [0.29, 0.717) is 18.8 Å². The lowest BCUT2D eigenvalue weighted by Crippen LogP contribution is -2.32. The van der Waals surface area contributed by atoms with Crippen LogP contribution in [0.5, 0.6) is 0 Å². The summed E-state index contributed by atoms with van der Waals surface area (Å²) in [5.74, 6) is 0. The number of halogens is 1. The van der Waals surface area contributed by atoms with Gasteiger partial charge in [-0.2, -0.15) is 4.31 Å². The first-order valence-electron chi connectivity index (χ1n) is 6.48. The monoisotopic (exact) mass is 302 g/mol. The molecular weight excluding hydrogens is 284 g/mol. The summed E-state index contributed by atoms with van der Waals surface area (Å²) in [6.45, 7) is 2.93. The van der Waals surface area contributed by atoms with Crippen LogP contribution in [0.3, 0.4) is 0 Å². The molecule has 0 saturated carbocycles. The molecule has 0 spiro atoms. The average Bonchev–Trinajstić information content (AvgIpc) is 2.62. The molecule has 1 aliphatic heterocycles.